The molecule has 0 aromatic carbocycles. The number of aliphatic imine (C=N–C) groups is 1. The van der Waals surface area contributed by atoms with Crippen LogP contribution < -0.4 is 16.6 Å². The summed E-state index contributed by atoms with van der Waals surface area (Å²) in [6.45, 7) is 5.61. The van der Waals surface area contributed by atoms with Crippen molar-refractivity contribution in [3.63, 3.8) is 0 Å². The van der Waals surface area contributed by atoms with Gasteiger partial charge in [0.15, 0.2) is 0 Å². The lowest BCUT2D eigenvalue weighted by Gasteiger charge is -2.33. The lowest BCUT2D eigenvalue weighted by molar-refractivity contribution is 0.160. The van der Waals surface area contributed by atoms with E-state index in [1.54, 1.807) is 0 Å². The summed E-state index contributed by atoms with van der Waals surface area (Å²) >= 11 is 0. The zero-order valence-corrected chi connectivity index (χ0v) is 12.9. The van der Waals surface area contributed by atoms with Crippen LogP contribution in [0.25, 0.3) is 0 Å². The van der Waals surface area contributed by atoms with Crippen molar-refractivity contribution in [2.75, 3.05) is 19.6 Å². The molecule has 2 rings (SSSR count). The minimum atomic E-state index is 0.562. The summed E-state index contributed by atoms with van der Waals surface area (Å²) in [5.74, 6) is 6.31. The van der Waals surface area contributed by atoms with Gasteiger partial charge < -0.3 is 10.2 Å². The number of piperidine rings is 1. The maximum atomic E-state index is 5.54. The van der Waals surface area contributed by atoms with Crippen LogP contribution in [0.4, 0.5) is 0 Å². The van der Waals surface area contributed by atoms with Gasteiger partial charge in [0.1, 0.15) is 0 Å². The summed E-state index contributed by atoms with van der Waals surface area (Å²) in [5.41, 5.74) is 2.70. The molecular formula is C15H31N5. The molecule has 0 spiro atoms. The van der Waals surface area contributed by atoms with Gasteiger partial charge in [0, 0.05) is 25.2 Å². The quantitative estimate of drug-likeness (QED) is 0.235. The molecule has 1 saturated carbocycles. The predicted molar refractivity (Wildman–Crippen MR) is 84.5 cm³/mol. The molecule has 0 aromatic heterocycles. The number of nitrogens with two attached hydrogens (primary N) is 1. The van der Waals surface area contributed by atoms with E-state index in [0.29, 0.717) is 6.04 Å². The van der Waals surface area contributed by atoms with Crippen LogP contribution >= 0.6 is 0 Å². The molecule has 1 heterocycles. The summed E-state index contributed by atoms with van der Waals surface area (Å²) < 4.78 is 0. The van der Waals surface area contributed by atoms with Crippen molar-refractivity contribution in [1.82, 2.24) is 15.6 Å². The molecule has 0 bridgehead atoms. The van der Waals surface area contributed by atoms with Crippen molar-refractivity contribution in [3.8, 4) is 0 Å². The van der Waals surface area contributed by atoms with Crippen LogP contribution in [-0.4, -0.2) is 42.6 Å². The van der Waals surface area contributed by atoms with Gasteiger partial charge in [-0.3, -0.25) is 10.4 Å². The van der Waals surface area contributed by atoms with Crippen LogP contribution in [-0.2, 0) is 0 Å². The third-order valence-corrected chi connectivity index (χ3v) is 4.65. The highest BCUT2D eigenvalue weighted by molar-refractivity contribution is 5.79. The Balaban J connectivity index is 1.65. The van der Waals surface area contributed by atoms with E-state index in [4.69, 9.17) is 5.84 Å². The van der Waals surface area contributed by atoms with Crippen LogP contribution in [0, 0.1) is 0 Å². The topological polar surface area (TPSA) is 65.7 Å². The standard InChI is InChI=1S/C15H31N5/c1-13-7-4-5-11-20(13)12-6-10-17-15(19-16)18-14-8-2-3-9-14/h13-14H,2-12,16H2,1H3,(H2,17,18,19). The van der Waals surface area contributed by atoms with Gasteiger partial charge in [0.25, 0.3) is 0 Å². The molecule has 2 aliphatic rings. The minimum absolute atomic E-state index is 0.562. The van der Waals surface area contributed by atoms with Gasteiger partial charge in [-0.15, -0.1) is 0 Å². The van der Waals surface area contributed by atoms with E-state index in [-0.39, 0.29) is 0 Å². The molecular weight excluding hydrogens is 250 g/mol. The molecule has 1 aliphatic carbocycles. The number of guanidine groups is 1. The molecule has 5 heteroatoms. The fraction of sp³-hybridized carbons (Fsp3) is 0.933. The van der Waals surface area contributed by atoms with Crippen LogP contribution in [0.3, 0.4) is 0 Å². The zero-order chi connectivity index (χ0) is 14.2. The Morgan fingerprint density at radius 3 is 2.65 bits per heavy atom. The summed E-state index contributed by atoms with van der Waals surface area (Å²) in [6.07, 6.45) is 10.3. The molecule has 20 heavy (non-hydrogen) atoms. The van der Waals surface area contributed by atoms with Crippen molar-refractivity contribution in [1.29, 1.82) is 0 Å². The molecule has 1 atom stereocenters. The van der Waals surface area contributed by atoms with E-state index in [0.717, 1.165) is 31.5 Å². The molecule has 0 amide bonds. The predicted octanol–water partition coefficient (Wildman–Crippen LogP) is 1.60. The lowest BCUT2D eigenvalue weighted by atomic mass is 10.0. The van der Waals surface area contributed by atoms with E-state index < -0.39 is 0 Å². The number of rotatable bonds is 5. The first-order valence-electron chi connectivity index (χ1n) is 8.31. The van der Waals surface area contributed by atoms with Crippen molar-refractivity contribution in [2.24, 2.45) is 10.8 Å². The largest absolute Gasteiger partial charge is 0.353 e. The fourth-order valence-electron chi connectivity index (χ4n) is 3.35. The minimum Gasteiger partial charge on any atom is -0.353 e. The first-order valence-corrected chi connectivity index (χ1v) is 8.31. The monoisotopic (exact) mass is 281 g/mol. The lowest BCUT2D eigenvalue weighted by Crippen LogP contribution is -2.45. The van der Waals surface area contributed by atoms with Crippen LogP contribution in [0.1, 0.15) is 58.3 Å². The van der Waals surface area contributed by atoms with Crippen molar-refractivity contribution in [2.45, 2.75) is 70.4 Å². The van der Waals surface area contributed by atoms with Gasteiger partial charge >= 0.3 is 0 Å². The summed E-state index contributed by atoms with van der Waals surface area (Å²) in [5, 5.41) is 3.41. The van der Waals surface area contributed by atoms with E-state index in [1.807, 2.05) is 0 Å². The Labute approximate surface area is 123 Å². The number of nitrogens with zero attached hydrogens (tertiary/aromatic N) is 2. The van der Waals surface area contributed by atoms with E-state index in [2.05, 4.69) is 27.6 Å². The third-order valence-electron chi connectivity index (χ3n) is 4.65. The second-order valence-electron chi connectivity index (χ2n) is 6.23. The summed E-state index contributed by atoms with van der Waals surface area (Å²) in [7, 11) is 0. The average Bonchev–Trinajstić information content (AvgIpc) is 2.97. The fourth-order valence-corrected chi connectivity index (χ4v) is 3.35. The van der Waals surface area contributed by atoms with Crippen molar-refractivity contribution in [3.05, 3.63) is 0 Å². The SMILES string of the molecule is CC1CCCCN1CCCN=C(NN)NC1CCCC1. The normalized spacial score (nSPS) is 25.9. The highest BCUT2D eigenvalue weighted by Gasteiger charge is 2.17. The van der Waals surface area contributed by atoms with E-state index >= 15 is 0 Å². The number of likely N-dealkylation sites (tertiary alicyclic amines) is 1. The molecule has 0 aromatic rings. The molecule has 116 valence electrons. The Morgan fingerprint density at radius 1 is 1.20 bits per heavy atom. The third kappa shape index (κ3) is 4.94. The first-order chi connectivity index (χ1) is 9.79. The second-order valence-corrected chi connectivity index (χ2v) is 6.23. The Bertz CT molecular complexity index is 299. The second kappa shape index (κ2) is 8.47. The van der Waals surface area contributed by atoms with Crippen molar-refractivity contribution >= 4 is 5.96 Å². The highest BCUT2D eigenvalue weighted by atomic mass is 15.3. The van der Waals surface area contributed by atoms with Crippen LogP contribution in [0.5, 0.6) is 0 Å². The smallest absolute Gasteiger partial charge is 0.205 e. The van der Waals surface area contributed by atoms with Crippen LogP contribution in [0.15, 0.2) is 4.99 Å². The Kier molecular flexibility index (Phi) is 6.60. The summed E-state index contributed by atoms with van der Waals surface area (Å²) in [6, 6.07) is 1.31. The van der Waals surface area contributed by atoms with Gasteiger partial charge in [-0.05, 0) is 45.6 Å². The number of hydrogen-bond acceptors (Lipinski definition) is 3. The molecule has 4 N–H and O–H groups in total. The van der Waals surface area contributed by atoms with E-state index in [1.165, 1.54) is 51.5 Å². The number of nitrogens with one attached hydrogen (secondary N) is 2. The van der Waals surface area contributed by atoms with Gasteiger partial charge in [-0.2, -0.15) is 0 Å². The Morgan fingerprint density at radius 2 is 1.95 bits per heavy atom. The zero-order valence-electron chi connectivity index (χ0n) is 12.9. The molecule has 0 radical (unpaired) electrons. The summed E-state index contributed by atoms with van der Waals surface area (Å²) in [4.78, 5) is 7.15. The molecule has 1 aliphatic heterocycles. The highest BCUT2D eigenvalue weighted by Crippen LogP contribution is 2.17. The Hall–Kier alpha value is -0.810. The van der Waals surface area contributed by atoms with Gasteiger partial charge in [-0.1, -0.05) is 19.3 Å². The number of hydrazine groups is 1. The van der Waals surface area contributed by atoms with Crippen LogP contribution in [0.2, 0.25) is 0 Å². The van der Waals surface area contributed by atoms with E-state index in [9.17, 15) is 0 Å². The van der Waals surface area contributed by atoms with Gasteiger partial charge in [-0.25, -0.2) is 5.84 Å². The number of hydrogen-bond donors (Lipinski definition) is 3. The maximum Gasteiger partial charge on any atom is 0.205 e. The van der Waals surface area contributed by atoms with Gasteiger partial charge in [0.2, 0.25) is 5.96 Å². The van der Waals surface area contributed by atoms with Crippen molar-refractivity contribution < 1.29 is 0 Å². The maximum absolute atomic E-state index is 5.54. The molecule has 1 saturated heterocycles. The molecule has 1 unspecified atom stereocenters. The molecule has 2 fully saturated rings. The average molecular weight is 281 g/mol. The van der Waals surface area contributed by atoms with Gasteiger partial charge in [0.05, 0.1) is 0 Å². The molecule has 5 nitrogen and oxygen atoms in total. The first kappa shape index (κ1) is 15.6.